The molecule has 0 unspecified atom stereocenters. The van der Waals surface area contributed by atoms with Crippen molar-refractivity contribution in [2.75, 3.05) is 17.7 Å². The van der Waals surface area contributed by atoms with Gasteiger partial charge < -0.3 is 10.1 Å². The average Bonchev–Trinajstić information content (AvgIpc) is 2.66. The van der Waals surface area contributed by atoms with Crippen LogP contribution in [-0.2, 0) is 14.8 Å². The summed E-state index contributed by atoms with van der Waals surface area (Å²) in [5, 5.41) is 2.98. The van der Waals surface area contributed by atoms with Crippen LogP contribution >= 0.6 is 0 Å². The van der Waals surface area contributed by atoms with E-state index in [1.807, 2.05) is 19.9 Å². The predicted octanol–water partition coefficient (Wildman–Crippen LogP) is 4.16. The third kappa shape index (κ3) is 5.33. The highest BCUT2D eigenvalue weighted by molar-refractivity contribution is 7.92. The Bertz CT molecular complexity index is 988. The van der Waals surface area contributed by atoms with Crippen LogP contribution < -0.4 is 14.4 Å². The fourth-order valence-electron chi connectivity index (χ4n) is 3.61. The minimum atomic E-state index is -3.64. The molecule has 0 fully saturated rings. The second kappa shape index (κ2) is 9.51. The SMILES string of the molecule is COc1cc(C)c([C@@H](C)NC(=O)[C@H](C)N(c2ccccc2)S(C)(=O)=O)cc1C(C)C. The molecule has 0 saturated carbocycles. The van der Waals surface area contributed by atoms with Crippen molar-refractivity contribution in [2.24, 2.45) is 0 Å². The topological polar surface area (TPSA) is 75.7 Å². The highest BCUT2D eigenvalue weighted by Gasteiger charge is 2.30. The third-order valence-corrected chi connectivity index (χ3v) is 6.41. The number of carbonyl (C=O) groups is 1. The molecule has 2 atom stereocenters. The molecule has 2 rings (SSSR count). The van der Waals surface area contributed by atoms with Crippen LogP contribution in [0.15, 0.2) is 42.5 Å². The van der Waals surface area contributed by atoms with Crippen molar-refractivity contribution in [3.05, 3.63) is 59.2 Å². The Morgan fingerprint density at radius 1 is 1.03 bits per heavy atom. The molecule has 2 aromatic rings. The van der Waals surface area contributed by atoms with Crippen molar-refractivity contribution in [1.82, 2.24) is 5.32 Å². The van der Waals surface area contributed by atoms with Crippen molar-refractivity contribution in [2.45, 2.75) is 52.6 Å². The van der Waals surface area contributed by atoms with E-state index in [4.69, 9.17) is 4.74 Å². The first kappa shape index (κ1) is 23.7. The highest BCUT2D eigenvalue weighted by Crippen LogP contribution is 2.32. The van der Waals surface area contributed by atoms with E-state index in [0.717, 1.165) is 33.0 Å². The fourth-order valence-corrected chi connectivity index (χ4v) is 4.78. The molecule has 0 heterocycles. The highest BCUT2D eigenvalue weighted by atomic mass is 32.2. The van der Waals surface area contributed by atoms with Gasteiger partial charge in [0.2, 0.25) is 15.9 Å². The molecule has 0 radical (unpaired) electrons. The van der Waals surface area contributed by atoms with Crippen molar-refractivity contribution in [3.8, 4) is 5.75 Å². The number of methoxy groups -OCH3 is 1. The second-order valence-electron chi connectivity index (χ2n) is 7.91. The maximum Gasteiger partial charge on any atom is 0.244 e. The molecule has 0 saturated heterocycles. The van der Waals surface area contributed by atoms with E-state index in [1.54, 1.807) is 44.4 Å². The van der Waals surface area contributed by atoms with E-state index in [-0.39, 0.29) is 17.9 Å². The molecule has 0 aliphatic carbocycles. The summed E-state index contributed by atoms with van der Waals surface area (Å²) in [6.45, 7) is 9.65. The lowest BCUT2D eigenvalue weighted by molar-refractivity contribution is -0.122. The van der Waals surface area contributed by atoms with E-state index in [1.165, 1.54) is 0 Å². The van der Waals surface area contributed by atoms with Gasteiger partial charge in [-0.05, 0) is 67.6 Å². The molecule has 0 aliphatic rings. The van der Waals surface area contributed by atoms with E-state index < -0.39 is 16.1 Å². The number of hydrogen-bond donors (Lipinski definition) is 1. The van der Waals surface area contributed by atoms with E-state index in [9.17, 15) is 13.2 Å². The zero-order chi connectivity index (χ0) is 22.6. The Morgan fingerprint density at radius 3 is 2.13 bits per heavy atom. The van der Waals surface area contributed by atoms with Gasteiger partial charge in [0.25, 0.3) is 0 Å². The molecule has 1 amide bonds. The molecule has 2 aromatic carbocycles. The minimum Gasteiger partial charge on any atom is -0.496 e. The molecule has 30 heavy (non-hydrogen) atoms. The molecule has 164 valence electrons. The van der Waals surface area contributed by atoms with Crippen molar-refractivity contribution < 1.29 is 17.9 Å². The van der Waals surface area contributed by atoms with Crippen LogP contribution in [0.3, 0.4) is 0 Å². The lowest BCUT2D eigenvalue weighted by Gasteiger charge is -2.29. The monoisotopic (exact) mass is 432 g/mol. The maximum absolute atomic E-state index is 13.0. The zero-order valence-electron chi connectivity index (χ0n) is 18.8. The smallest absolute Gasteiger partial charge is 0.244 e. The Balaban J connectivity index is 2.31. The lowest BCUT2D eigenvalue weighted by Crippen LogP contribution is -2.48. The quantitative estimate of drug-likeness (QED) is 0.680. The minimum absolute atomic E-state index is 0.264. The summed E-state index contributed by atoms with van der Waals surface area (Å²) in [6, 6.07) is 11.5. The molecule has 0 aliphatic heterocycles. The summed E-state index contributed by atoms with van der Waals surface area (Å²) in [7, 11) is -1.99. The van der Waals surface area contributed by atoms with Gasteiger partial charge in [-0.3, -0.25) is 9.10 Å². The van der Waals surface area contributed by atoms with Crippen LogP contribution in [0.25, 0.3) is 0 Å². The Morgan fingerprint density at radius 2 is 1.63 bits per heavy atom. The summed E-state index contributed by atoms with van der Waals surface area (Å²) in [5.74, 6) is 0.725. The van der Waals surface area contributed by atoms with Gasteiger partial charge in [0, 0.05) is 0 Å². The number of carbonyl (C=O) groups excluding carboxylic acids is 1. The van der Waals surface area contributed by atoms with Crippen LogP contribution in [0, 0.1) is 6.92 Å². The molecule has 7 heteroatoms. The van der Waals surface area contributed by atoms with Gasteiger partial charge in [0.05, 0.1) is 25.1 Å². The van der Waals surface area contributed by atoms with E-state index in [0.29, 0.717) is 5.69 Å². The van der Waals surface area contributed by atoms with Crippen LogP contribution in [0.4, 0.5) is 5.69 Å². The zero-order valence-corrected chi connectivity index (χ0v) is 19.6. The van der Waals surface area contributed by atoms with Gasteiger partial charge in [-0.1, -0.05) is 32.0 Å². The van der Waals surface area contributed by atoms with E-state index >= 15 is 0 Å². The number of nitrogens with zero attached hydrogens (tertiary/aromatic N) is 1. The average molecular weight is 433 g/mol. The number of aryl methyl sites for hydroxylation is 1. The number of hydrogen-bond acceptors (Lipinski definition) is 4. The molecule has 0 spiro atoms. The lowest BCUT2D eigenvalue weighted by atomic mass is 9.93. The van der Waals surface area contributed by atoms with Crippen molar-refractivity contribution >= 4 is 21.6 Å². The largest absolute Gasteiger partial charge is 0.496 e. The number of rotatable bonds is 8. The fraction of sp³-hybridized carbons (Fsp3) is 0.435. The van der Waals surface area contributed by atoms with Crippen molar-refractivity contribution in [3.63, 3.8) is 0 Å². The number of anilines is 1. The molecular weight excluding hydrogens is 400 g/mol. The van der Waals surface area contributed by atoms with Gasteiger partial charge in [-0.15, -0.1) is 0 Å². The summed E-state index contributed by atoms with van der Waals surface area (Å²) in [5.41, 5.74) is 3.50. The maximum atomic E-state index is 13.0. The Kier molecular flexibility index (Phi) is 7.53. The Labute approximate surface area is 180 Å². The van der Waals surface area contributed by atoms with Gasteiger partial charge in [0.1, 0.15) is 11.8 Å². The third-order valence-electron chi connectivity index (χ3n) is 5.16. The Hall–Kier alpha value is -2.54. The van der Waals surface area contributed by atoms with Gasteiger partial charge in [-0.2, -0.15) is 0 Å². The number of amides is 1. The van der Waals surface area contributed by atoms with Crippen LogP contribution in [0.5, 0.6) is 5.75 Å². The van der Waals surface area contributed by atoms with Crippen molar-refractivity contribution in [1.29, 1.82) is 0 Å². The molecule has 0 bridgehead atoms. The first-order chi connectivity index (χ1) is 14.0. The van der Waals surface area contributed by atoms with E-state index in [2.05, 4.69) is 25.2 Å². The number of nitrogens with one attached hydrogen (secondary N) is 1. The standard InChI is InChI=1S/C23H32N2O4S/c1-15(2)20-14-21(16(3)13-22(20)29-6)17(4)24-23(26)18(5)25(30(7,27)28)19-11-9-8-10-12-19/h8-15,17-18H,1-7H3,(H,24,26)/t17-,18+/m1/s1. The van der Waals surface area contributed by atoms with Crippen LogP contribution in [0.2, 0.25) is 0 Å². The van der Waals surface area contributed by atoms with Gasteiger partial charge >= 0.3 is 0 Å². The van der Waals surface area contributed by atoms with Gasteiger partial charge in [0.15, 0.2) is 0 Å². The first-order valence-corrected chi connectivity index (χ1v) is 11.9. The summed E-state index contributed by atoms with van der Waals surface area (Å²) in [6.07, 6.45) is 1.11. The van der Waals surface area contributed by atoms with Crippen LogP contribution in [0.1, 0.15) is 56.3 Å². The number of ether oxygens (including phenoxy) is 1. The summed E-state index contributed by atoms with van der Waals surface area (Å²) in [4.78, 5) is 13.0. The summed E-state index contributed by atoms with van der Waals surface area (Å²) >= 11 is 0. The molecule has 0 aromatic heterocycles. The molecular formula is C23H32N2O4S. The number of sulfonamides is 1. The number of para-hydroxylation sites is 1. The molecule has 6 nitrogen and oxygen atoms in total. The molecule has 1 N–H and O–H groups in total. The predicted molar refractivity (Wildman–Crippen MR) is 122 cm³/mol. The van der Waals surface area contributed by atoms with Gasteiger partial charge in [-0.25, -0.2) is 8.42 Å². The summed E-state index contributed by atoms with van der Waals surface area (Å²) < 4.78 is 31.5. The number of benzene rings is 2. The first-order valence-electron chi connectivity index (χ1n) is 10.0. The second-order valence-corrected chi connectivity index (χ2v) is 9.77. The normalized spacial score (nSPS) is 13.6. The van der Waals surface area contributed by atoms with Crippen LogP contribution in [-0.4, -0.2) is 33.7 Å².